The van der Waals surface area contributed by atoms with Crippen LogP contribution in [-0.2, 0) is 17.6 Å². The molecule has 0 radical (unpaired) electrons. The fourth-order valence-corrected chi connectivity index (χ4v) is 3.15. The summed E-state index contributed by atoms with van der Waals surface area (Å²) >= 11 is 0. The molecule has 2 amide bonds. The van der Waals surface area contributed by atoms with E-state index in [0.29, 0.717) is 29.7 Å². The first-order valence-electron chi connectivity index (χ1n) is 8.04. The number of carbonyl (C=O) groups excluding carboxylic acids is 2. The molecule has 1 aromatic carbocycles. The number of nitrogens with one attached hydrogen (secondary N) is 2. The molecule has 1 aliphatic rings. The molecule has 1 unspecified atom stereocenters. The number of pyridine rings is 1. The van der Waals surface area contributed by atoms with E-state index in [1.165, 1.54) is 18.2 Å². The minimum absolute atomic E-state index is 0.0512. The SMILES string of the molecule is NC(=O)c1cc2c([nH]c1=O)CCCC2NC(=O)Cc1cccc(F)c1. The smallest absolute Gasteiger partial charge is 0.261 e. The third-order valence-electron chi connectivity index (χ3n) is 4.31. The highest BCUT2D eigenvalue weighted by molar-refractivity contribution is 5.92. The molecule has 0 bridgehead atoms. The fourth-order valence-electron chi connectivity index (χ4n) is 3.15. The number of aromatic amines is 1. The zero-order valence-corrected chi connectivity index (χ0v) is 13.5. The third-order valence-corrected chi connectivity index (χ3v) is 4.31. The fraction of sp³-hybridized carbons (Fsp3) is 0.278. The van der Waals surface area contributed by atoms with Crippen molar-refractivity contribution in [1.29, 1.82) is 0 Å². The molecule has 1 heterocycles. The molecule has 1 atom stereocenters. The van der Waals surface area contributed by atoms with E-state index in [9.17, 15) is 18.8 Å². The minimum Gasteiger partial charge on any atom is -0.365 e. The molecule has 7 heteroatoms. The summed E-state index contributed by atoms with van der Waals surface area (Å²) in [5.41, 5.74) is 6.58. The van der Waals surface area contributed by atoms with Gasteiger partial charge in [0, 0.05) is 5.69 Å². The molecule has 0 fully saturated rings. The summed E-state index contributed by atoms with van der Waals surface area (Å²) in [6.45, 7) is 0. The van der Waals surface area contributed by atoms with Crippen LogP contribution in [0.15, 0.2) is 35.1 Å². The number of fused-ring (bicyclic) bond motifs is 1. The van der Waals surface area contributed by atoms with Crippen molar-refractivity contribution in [3.8, 4) is 0 Å². The molecular weight excluding hydrogens is 325 g/mol. The topological polar surface area (TPSA) is 105 Å². The van der Waals surface area contributed by atoms with Crippen LogP contribution in [0.5, 0.6) is 0 Å². The van der Waals surface area contributed by atoms with Crippen molar-refractivity contribution in [3.63, 3.8) is 0 Å². The summed E-state index contributed by atoms with van der Waals surface area (Å²) in [6, 6.07) is 7.01. The Morgan fingerprint density at radius 3 is 2.84 bits per heavy atom. The number of carbonyl (C=O) groups is 2. The molecular formula is C18H18FN3O3. The summed E-state index contributed by atoms with van der Waals surface area (Å²) in [5.74, 6) is -1.45. The van der Waals surface area contributed by atoms with Gasteiger partial charge in [-0.3, -0.25) is 14.4 Å². The summed E-state index contributed by atoms with van der Waals surface area (Å²) in [7, 11) is 0. The largest absolute Gasteiger partial charge is 0.365 e. The molecule has 6 nitrogen and oxygen atoms in total. The maximum absolute atomic E-state index is 13.2. The average Bonchev–Trinajstić information content (AvgIpc) is 2.54. The van der Waals surface area contributed by atoms with Crippen molar-refractivity contribution in [2.45, 2.75) is 31.7 Å². The second-order valence-corrected chi connectivity index (χ2v) is 6.13. The van der Waals surface area contributed by atoms with Gasteiger partial charge in [0.2, 0.25) is 5.91 Å². The van der Waals surface area contributed by atoms with E-state index >= 15 is 0 Å². The lowest BCUT2D eigenvalue weighted by Crippen LogP contribution is -2.34. The Morgan fingerprint density at radius 2 is 2.12 bits per heavy atom. The highest BCUT2D eigenvalue weighted by atomic mass is 19.1. The molecule has 2 aromatic rings. The Bertz CT molecular complexity index is 891. The number of primary amides is 1. The Morgan fingerprint density at radius 1 is 1.32 bits per heavy atom. The summed E-state index contributed by atoms with van der Waals surface area (Å²) in [4.78, 5) is 38.2. The van der Waals surface area contributed by atoms with E-state index in [1.54, 1.807) is 12.1 Å². The van der Waals surface area contributed by atoms with E-state index in [4.69, 9.17) is 5.73 Å². The molecule has 130 valence electrons. The predicted octanol–water partition coefficient (Wildman–Crippen LogP) is 1.35. The Kier molecular flexibility index (Phi) is 4.65. The first-order chi connectivity index (χ1) is 11.9. The third kappa shape index (κ3) is 3.76. The van der Waals surface area contributed by atoms with Gasteiger partial charge in [-0.05, 0) is 48.6 Å². The Labute approximate surface area is 143 Å². The van der Waals surface area contributed by atoms with Crippen LogP contribution in [0.25, 0.3) is 0 Å². The number of amides is 2. The lowest BCUT2D eigenvalue weighted by molar-refractivity contribution is -0.121. The number of hydrogen-bond donors (Lipinski definition) is 3. The number of nitrogens with two attached hydrogens (primary N) is 1. The van der Waals surface area contributed by atoms with Gasteiger partial charge in [-0.2, -0.15) is 0 Å². The first-order valence-corrected chi connectivity index (χ1v) is 8.04. The van der Waals surface area contributed by atoms with Crippen molar-refractivity contribution >= 4 is 11.8 Å². The molecule has 0 saturated carbocycles. The summed E-state index contributed by atoms with van der Waals surface area (Å²) in [5, 5.41) is 2.89. The molecule has 1 aromatic heterocycles. The van der Waals surface area contributed by atoms with Crippen molar-refractivity contribution in [3.05, 3.63) is 68.9 Å². The second-order valence-electron chi connectivity index (χ2n) is 6.13. The number of benzene rings is 1. The molecule has 0 spiro atoms. The molecule has 3 rings (SSSR count). The van der Waals surface area contributed by atoms with Gasteiger partial charge in [0.05, 0.1) is 12.5 Å². The summed E-state index contributed by atoms with van der Waals surface area (Å²) in [6.07, 6.45) is 2.20. The van der Waals surface area contributed by atoms with Gasteiger partial charge in [0.1, 0.15) is 11.4 Å². The number of aryl methyl sites for hydroxylation is 1. The van der Waals surface area contributed by atoms with Crippen LogP contribution in [0.4, 0.5) is 4.39 Å². The molecule has 4 N–H and O–H groups in total. The molecule has 0 saturated heterocycles. The van der Waals surface area contributed by atoms with Gasteiger partial charge in [0.15, 0.2) is 0 Å². The van der Waals surface area contributed by atoms with Crippen LogP contribution in [0.1, 0.15) is 46.1 Å². The van der Waals surface area contributed by atoms with Crippen LogP contribution >= 0.6 is 0 Å². The van der Waals surface area contributed by atoms with Crippen molar-refractivity contribution in [1.82, 2.24) is 10.3 Å². The maximum atomic E-state index is 13.2. The average molecular weight is 343 g/mol. The minimum atomic E-state index is -0.806. The maximum Gasteiger partial charge on any atom is 0.261 e. The van der Waals surface area contributed by atoms with Crippen LogP contribution in [-0.4, -0.2) is 16.8 Å². The second kappa shape index (κ2) is 6.88. The van der Waals surface area contributed by atoms with Gasteiger partial charge >= 0.3 is 0 Å². The Balaban J connectivity index is 1.80. The zero-order chi connectivity index (χ0) is 18.0. The van der Waals surface area contributed by atoms with Crippen molar-refractivity contribution < 1.29 is 14.0 Å². The van der Waals surface area contributed by atoms with Gasteiger partial charge in [-0.25, -0.2) is 4.39 Å². The van der Waals surface area contributed by atoms with E-state index in [1.807, 2.05) is 0 Å². The quantitative estimate of drug-likeness (QED) is 0.780. The van der Waals surface area contributed by atoms with E-state index in [-0.39, 0.29) is 23.9 Å². The highest BCUT2D eigenvalue weighted by Crippen LogP contribution is 2.28. The first kappa shape index (κ1) is 16.9. The van der Waals surface area contributed by atoms with Gasteiger partial charge < -0.3 is 16.0 Å². The monoisotopic (exact) mass is 343 g/mol. The van der Waals surface area contributed by atoms with Gasteiger partial charge in [-0.1, -0.05) is 12.1 Å². The van der Waals surface area contributed by atoms with E-state index < -0.39 is 17.3 Å². The predicted molar refractivity (Wildman–Crippen MR) is 89.5 cm³/mol. The van der Waals surface area contributed by atoms with Crippen LogP contribution in [0, 0.1) is 5.82 Å². The number of H-pyrrole nitrogens is 1. The summed E-state index contributed by atoms with van der Waals surface area (Å²) < 4.78 is 13.2. The number of hydrogen-bond acceptors (Lipinski definition) is 3. The Hall–Kier alpha value is -2.96. The zero-order valence-electron chi connectivity index (χ0n) is 13.5. The van der Waals surface area contributed by atoms with E-state index in [2.05, 4.69) is 10.3 Å². The van der Waals surface area contributed by atoms with Crippen LogP contribution in [0.2, 0.25) is 0 Å². The van der Waals surface area contributed by atoms with Crippen molar-refractivity contribution in [2.24, 2.45) is 5.73 Å². The number of aromatic nitrogens is 1. The molecule has 25 heavy (non-hydrogen) atoms. The lowest BCUT2D eigenvalue weighted by Gasteiger charge is -2.26. The normalized spacial score (nSPS) is 16.1. The van der Waals surface area contributed by atoms with Gasteiger partial charge in [0.25, 0.3) is 11.5 Å². The molecule has 0 aliphatic heterocycles. The van der Waals surface area contributed by atoms with Crippen molar-refractivity contribution in [2.75, 3.05) is 0 Å². The highest BCUT2D eigenvalue weighted by Gasteiger charge is 2.24. The standard InChI is InChI=1S/C18H18FN3O3/c19-11-4-1-3-10(7-11)8-16(23)21-14-5-2-6-15-12(14)9-13(17(20)24)18(25)22-15/h1,3-4,7,9,14H,2,5-6,8H2,(H2,20,24)(H,21,23)(H,22,25). The lowest BCUT2D eigenvalue weighted by atomic mass is 9.90. The number of halogens is 1. The van der Waals surface area contributed by atoms with Gasteiger partial charge in [-0.15, -0.1) is 0 Å². The van der Waals surface area contributed by atoms with E-state index in [0.717, 1.165) is 6.42 Å². The number of rotatable bonds is 4. The van der Waals surface area contributed by atoms with Crippen LogP contribution in [0.3, 0.4) is 0 Å². The molecule has 1 aliphatic carbocycles. The van der Waals surface area contributed by atoms with Crippen LogP contribution < -0.4 is 16.6 Å².